The van der Waals surface area contributed by atoms with Crippen molar-refractivity contribution in [3.63, 3.8) is 0 Å². The number of rotatable bonds is 14. The van der Waals surface area contributed by atoms with E-state index < -0.39 is 16.1 Å². The molecule has 2 aliphatic rings. The first-order chi connectivity index (χ1) is 22.4. The van der Waals surface area contributed by atoms with Crippen molar-refractivity contribution in [2.45, 2.75) is 89.9 Å². The van der Waals surface area contributed by atoms with E-state index in [9.17, 15) is 0 Å². The van der Waals surface area contributed by atoms with Gasteiger partial charge in [-0.1, -0.05) is 82.6 Å². The maximum absolute atomic E-state index is 6.38. The molecule has 4 unspecified atom stereocenters. The van der Waals surface area contributed by atoms with Crippen LogP contribution in [0.5, 0.6) is 0 Å². The summed E-state index contributed by atoms with van der Waals surface area (Å²) in [4.78, 5) is 12.5. The van der Waals surface area contributed by atoms with Crippen LogP contribution in [0.25, 0.3) is 28.0 Å². The molecule has 2 bridgehead atoms. The van der Waals surface area contributed by atoms with Crippen molar-refractivity contribution in [1.82, 2.24) is 19.6 Å². The van der Waals surface area contributed by atoms with Crippen LogP contribution < -0.4 is 4.90 Å². The molecule has 4 aromatic rings. The highest BCUT2D eigenvalue weighted by atomic mass is 28.3. The third kappa shape index (κ3) is 8.60. The summed E-state index contributed by atoms with van der Waals surface area (Å²) in [6.07, 6.45) is 9.10. The van der Waals surface area contributed by atoms with Crippen molar-refractivity contribution >= 4 is 27.6 Å². The van der Waals surface area contributed by atoms with Gasteiger partial charge in [-0.05, 0) is 61.6 Å². The average molecular weight is 670 g/mol. The molecular formula is C38H55N5O2Si2. The van der Waals surface area contributed by atoms with Gasteiger partial charge in [-0.2, -0.15) is 9.61 Å². The average Bonchev–Trinajstić information content (AvgIpc) is 3.58. The highest BCUT2D eigenvalue weighted by molar-refractivity contribution is 6.76. The van der Waals surface area contributed by atoms with E-state index in [1.54, 1.807) is 0 Å². The van der Waals surface area contributed by atoms with Gasteiger partial charge in [-0.15, -0.1) is 0 Å². The third-order valence-corrected chi connectivity index (χ3v) is 13.6. The number of benzene rings is 1. The number of nitrogens with zero attached hydrogens (tertiary/aromatic N) is 5. The lowest BCUT2D eigenvalue weighted by molar-refractivity contribution is 0.0942. The Balaban J connectivity index is 1.36. The Morgan fingerprint density at radius 1 is 0.809 bits per heavy atom. The predicted molar refractivity (Wildman–Crippen MR) is 199 cm³/mol. The van der Waals surface area contributed by atoms with Crippen LogP contribution in [0.1, 0.15) is 44.2 Å². The summed E-state index contributed by atoms with van der Waals surface area (Å²) in [5.41, 5.74) is 6.17. The van der Waals surface area contributed by atoms with Gasteiger partial charge in [-0.3, -0.25) is 4.98 Å². The van der Waals surface area contributed by atoms with Crippen molar-refractivity contribution in [2.75, 3.05) is 31.6 Å². The summed E-state index contributed by atoms with van der Waals surface area (Å²) in [6.45, 7) is 19.3. The molecule has 0 amide bonds. The second kappa shape index (κ2) is 14.3. The fourth-order valence-corrected chi connectivity index (χ4v) is 8.83. The van der Waals surface area contributed by atoms with E-state index in [2.05, 4.69) is 93.6 Å². The van der Waals surface area contributed by atoms with E-state index in [1.165, 1.54) is 31.4 Å². The number of fused-ring (bicyclic) bond motifs is 3. The molecule has 3 heterocycles. The molecule has 0 saturated heterocycles. The topological polar surface area (TPSA) is 64.8 Å². The summed E-state index contributed by atoms with van der Waals surface area (Å²) in [5.74, 6) is 3.86. The first-order valence-corrected chi connectivity index (χ1v) is 25.2. The van der Waals surface area contributed by atoms with E-state index in [4.69, 9.17) is 24.5 Å². The van der Waals surface area contributed by atoms with Crippen molar-refractivity contribution in [3.8, 4) is 22.4 Å². The second-order valence-corrected chi connectivity index (χ2v) is 27.9. The van der Waals surface area contributed by atoms with E-state index >= 15 is 0 Å². The van der Waals surface area contributed by atoms with Crippen LogP contribution in [-0.4, -0.2) is 62.4 Å². The molecule has 7 nitrogen and oxygen atoms in total. The zero-order valence-electron chi connectivity index (χ0n) is 29.7. The monoisotopic (exact) mass is 669 g/mol. The minimum Gasteiger partial charge on any atom is -0.361 e. The Morgan fingerprint density at radius 3 is 2.13 bits per heavy atom. The largest absolute Gasteiger partial charge is 0.361 e. The first kappa shape index (κ1) is 34.0. The summed E-state index contributed by atoms with van der Waals surface area (Å²) >= 11 is 0. The van der Waals surface area contributed by atoms with Crippen LogP contribution >= 0.6 is 0 Å². The lowest BCUT2D eigenvalue weighted by Gasteiger charge is -2.30. The number of hydrogen-bond donors (Lipinski definition) is 0. The molecule has 0 aliphatic heterocycles. The van der Waals surface area contributed by atoms with Crippen molar-refractivity contribution in [1.29, 1.82) is 0 Å². The van der Waals surface area contributed by atoms with Gasteiger partial charge < -0.3 is 14.4 Å². The Hall–Kier alpha value is -2.86. The van der Waals surface area contributed by atoms with Crippen LogP contribution in [0.4, 0.5) is 5.82 Å². The minimum atomic E-state index is -1.21. The van der Waals surface area contributed by atoms with Crippen molar-refractivity contribution in [3.05, 3.63) is 66.6 Å². The minimum absolute atomic E-state index is 0.455. The molecule has 2 aliphatic carbocycles. The Kier molecular flexibility index (Phi) is 10.4. The quantitative estimate of drug-likeness (QED) is 0.0757. The highest BCUT2D eigenvalue weighted by Crippen LogP contribution is 2.51. The molecule has 47 heavy (non-hydrogen) atoms. The third-order valence-electron chi connectivity index (χ3n) is 10.2. The zero-order chi connectivity index (χ0) is 33.2. The maximum Gasteiger partial charge on any atom is 0.165 e. The van der Waals surface area contributed by atoms with Crippen molar-refractivity contribution in [2.24, 2.45) is 17.8 Å². The lowest BCUT2D eigenvalue weighted by Crippen LogP contribution is -2.33. The number of pyridine rings is 1. The summed E-state index contributed by atoms with van der Waals surface area (Å²) < 4.78 is 14.8. The lowest BCUT2D eigenvalue weighted by atomic mass is 9.78. The molecule has 9 heteroatoms. The standard InChI is InChI=1S/C38H55N5O2Si2/c1-28-19-29-20-32(28)22-33(21-29)36-23-37(42(26-44-15-17-46(2,3)4)27-45-16-18-47(5,6)7)43-38(41-36)34(25-40-43)31-13-14-35(39-24-31)30-11-9-8-10-12-30/h8-14,23-25,28-29,32-33H,15-22,26-27H2,1-7H3. The van der Waals surface area contributed by atoms with Gasteiger partial charge in [-0.25, -0.2) is 4.98 Å². The Labute approximate surface area is 284 Å². The number of hydrogen-bond acceptors (Lipinski definition) is 6. The molecule has 1 aromatic carbocycles. The predicted octanol–water partition coefficient (Wildman–Crippen LogP) is 9.43. The smallest absolute Gasteiger partial charge is 0.165 e. The van der Waals surface area contributed by atoms with Crippen LogP contribution in [0, 0.1) is 17.8 Å². The molecule has 4 atom stereocenters. The molecule has 3 aromatic heterocycles. The molecule has 0 N–H and O–H groups in total. The van der Waals surface area contributed by atoms with E-state index in [-0.39, 0.29) is 0 Å². The van der Waals surface area contributed by atoms with Gasteiger partial charge in [0.25, 0.3) is 0 Å². The fraction of sp³-hybridized carbons (Fsp3) is 0.553. The zero-order valence-corrected chi connectivity index (χ0v) is 31.7. The summed E-state index contributed by atoms with van der Waals surface area (Å²) in [5, 5.41) is 4.96. The maximum atomic E-state index is 6.38. The fourth-order valence-electron chi connectivity index (χ4n) is 7.31. The molecule has 0 spiro atoms. The molecule has 6 rings (SSSR count). The number of anilines is 1. The summed E-state index contributed by atoms with van der Waals surface area (Å²) in [7, 11) is -2.43. The van der Waals surface area contributed by atoms with Crippen LogP contribution in [0.3, 0.4) is 0 Å². The Morgan fingerprint density at radius 2 is 1.51 bits per heavy atom. The molecule has 0 radical (unpaired) electrons. The van der Waals surface area contributed by atoms with Crippen LogP contribution in [0.2, 0.25) is 51.4 Å². The van der Waals surface area contributed by atoms with E-state index in [0.29, 0.717) is 19.4 Å². The van der Waals surface area contributed by atoms with Gasteiger partial charge in [0.05, 0.1) is 11.9 Å². The molecule has 252 valence electrons. The van der Waals surface area contributed by atoms with Gasteiger partial charge >= 0.3 is 0 Å². The SMILES string of the molecule is CC1CC2CC(c3cc(N(COCC[Si](C)(C)C)COCC[Si](C)(C)C)n4ncc(-c5ccc(-c6ccccc6)nc5)c4n3)CC1C2. The van der Waals surface area contributed by atoms with Gasteiger partial charge in [0.1, 0.15) is 19.3 Å². The summed E-state index contributed by atoms with van der Waals surface area (Å²) in [6, 6.07) is 19.2. The van der Waals surface area contributed by atoms with Crippen molar-refractivity contribution < 1.29 is 9.47 Å². The van der Waals surface area contributed by atoms with Crippen LogP contribution in [-0.2, 0) is 9.47 Å². The van der Waals surface area contributed by atoms with Gasteiger partial charge in [0.15, 0.2) is 5.65 Å². The first-order valence-electron chi connectivity index (χ1n) is 17.7. The number of aromatic nitrogens is 4. The molecular weight excluding hydrogens is 615 g/mol. The molecule has 2 fully saturated rings. The van der Waals surface area contributed by atoms with Gasteiger partial charge in [0, 0.05) is 69.9 Å². The van der Waals surface area contributed by atoms with Gasteiger partial charge in [0.2, 0.25) is 0 Å². The Bertz CT molecular complexity index is 1590. The number of ether oxygens (including phenoxy) is 2. The normalized spacial score (nSPS) is 21.4. The van der Waals surface area contributed by atoms with E-state index in [1.807, 2.05) is 23.0 Å². The van der Waals surface area contributed by atoms with E-state index in [0.717, 1.165) is 76.9 Å². The highest BCUT2D eigenvalue weighted by Gasteiger charge is 2.40. The molecule has 2 saturated carbocycles. The van der Waals surface area contributed by atoms with Crippen LogP contribution in [0.15, 0.2) is 60.9 Å². The second-order valence-electron chi connectivity index (χ2n) is 16.6.